The number of halogens is 1. The Morgan fingerprint density at radius 3 is 2.11 bits per heavy atom. The highest BCUT2D eigenvalue weighted by molar-refractivity contribution is 14.1. The first kappa shape index (κ1) is 11.5. The van der Waals surface area contributed by atoms with E-state index in [1.54, 1.807) is 0 Å². The SMILES string of the molecule is Ic1c(-c2ccccc2)cnn1-c1ccccc1. The van der Waals surface area contributed by atoms with E-state index >= 15 is 0 Å². The van der Waals surface area contributed by atoms with E-state index < -0.39 is 0 Å². The van der Waals surface area contributed by atoms with Crippen LogP contribution < -0.4 is 0 Å². The van der Waals surface area contributed by atoms with Crippen LogP contribution in [0.15, 0.2) is 66.9 Å². The Labute approximate surface area is 119 Å². The van der Waals surface area contributed by atoms with Crippen LogP contribution in [0.1, 0.15) is 0 Å². The standard InChI is InChI=1S/C15H11IN2/c16-15-14(12-7-3-1-4-8-12)11-17-18(15)13-9-5-2-6-10-13/h1-11H. The molecule has 0 aliphatic heterocycles. The van der Waals surface area contributed by atoms with Crippen molar-refractivity contribution in [2.45, 2.75) is 0 Å². The van der Waals surface area contributed by atoms with Crippen LogP contribution >= 0.6 is 22.6 Å². The molecule has 3 heteroatoms. The van der Waals surface area contributed by atoms with Gasteiger partial charge in [0.2, 0.25) is 0 Å². The van der Waals surface area contributed by atoms with Crippen molar-refractivity contribution in [2.24, 2.45) is 0 Å². The summed E-state index contributed by atoms with van der Waals surface area (Å²) in [7, 11) is 0. The molecule has 0 radical (unpaired) electrons. The largest absolute Gasteiger partial charge is 0.227 e. The summed E-state index contributed by atoms with van der Waals surface area (Å²) >= 11 is 2.34. The fourth-order valence-electron chi connectivity index (χ4n) is 1.89. The quantitative estimate of drug-likeness (QED) is 0.638. The molecule has 0 unspecified atom stereocenters. The van der Waals surface area contributed by atoms with Crippen molar-refractivity contribution in [3.05, 3.63) is 70.6 Å². The monoisotopic (exact) mass is 346 g/mol. The Kier molecular flexibility index (Phi) is 3.15. The van der Waals surface area contributed by atoms with Crippen molar-refractivity contribution in [1.82, 2.24) is 9.78 Å². The average Bonchev–Trinajstić information content (AvgIpc) is 2.83. The number of hydrogen-bond acceptors (Lipinski definition) is 1. The summed E-state index contributed by atoms with van der Waals surface area (Å²) in [6.45, 7) is 0. The highest BCUT2D eigenvalue weighted by Gasteiger charge is 2.10. The van der Waals surface area contributed by atoms with Gasteiger partial charge in [-0.15, -0.1) is 0 Å². The van der Waals surface area contributed by atoms with E-state index in [1.165, 1.54) is 11.1 Å². The lowest BCUT2D eigenvalue weighted by molar-refractivity contribution is 0.859. The molecule has 0 bridgehead atoms. The third-order valence-corrected chi connectivity index (χ3v) is 3.83. The molecule has 0 amide bonds. The van der Waals surface area contributed by atoms with E-state index in [1.807, 2.05) is 47.3 Å². The lowest BCUT2D eigenvalue weighted by atomic mass is 10.1. The van der Waals surface area contributed by atoms with Crippen LogP contribution in [0.25, 0.3) is 16.8 Å². The topological polar surface area (TPSA) is 17.8 Å². The zero-order chi connectivity index (χ0) is 12.4. The van der Waals surface area contributed by atoms with Crippen molar-refractivity contribution in [3.63, 3.8) is 0 Å². The summed E-state index contributed by atoms with van der Waals surface area (Å²) in [6, 6.07) is 20.5. The molecule has 0 atom stereocenters. The number of nitrogens with zero attached hydrogens (tertiary/aromatic N) is 2. The summed E-state index contributed by atoms with van der Waals surface area (Å²) in [4.78, 5) is 0. The molecule has 2 nitrogen and oxygen atoms in total. The van der Waals surface area contributed by atoms with Gasteiger partial charge in [0.15, 0.2) is 0 Å². The summed E-state index contributed by atoms with van der Waals surface area (Å²) in [5.41, 5.74) is 3.45. The average molecular weight is 346 g/mol. The lowest BCUT2D eigenvalue weighted by Gasteiger charge is -2.03. The maximum atomic E-state index is 4.47. The van der Waals surface area contributed by atoms with Gasteiger partial charge in [-0.05, 0) is 40.3 Å². The second-order valence-corrected chi connectivity index (χ2v) is 4.98. The third kappa shape index (κ3) is 2.06. The maximum absolute atomic E-state index is 4.47. The van der Waals surface area contributed by atoms with Crippen LogP contribution in [0.5, 0.6) is 0 Å². The third-order valence-electron chi connectivity index (χ3n) is 2.80. The van der Waals surface area contributed by atoms with E-state index in [2.05, 4.69) is 52.0 Å². The molecule has 3 rings (SSSR count). The normalized spacial score (nSPS) is 10.5. The van der Waals surface area contributed by atoms with Gasteiger partial charge < -0.3 is 0 Å². The Morgan fingerprint density at radius 2 is 1.44 bits per heavy atom. The van der Waals surface area contributed by atoms with Crippen LogP contribution in [0.4, 0.5) is 0 Å². The van der Waals surface area contributed by atoms with Gasteiger partial charge >= 0.3 is 0 Å². The van der Waals surface area contributed by atoms with Crippen LogP contribution in [0, 0.1) is 3.70 Å². The first-order valence-electron chi connectivity index (χ1n) is 5.70. The molecule has 0 saturated carbocycles. The Morgan fingerprint density at radius 1 is 0.833 bits per heavy atom. The van der Waals surface area contributed by atoms with Crippen molar-refractivity contribution >= 4 is 22.6 Å². The zero-order valence-corrected chi connectivity index (χ0v) is 11.8. The number of aromatic nitrogens is 2. The van der Waals surface area contributed by atoms with Gasteiger partial charge in [0.1, 0.15) is 3.70 Å². The van der Waals surface area contributed by atoms with Crippen LogP contribution in [0.3, 0.4) is 0 Å². The first-order chi connectivity index (χ1) is 8.86. The molecule has 0 aliphatic carbocycles. The van der Waals surface area contributed by atoms with Crippen molar-refractivity contribution < 1.29 is 0 Å². The fourth-order valence-corrected chi connectivity index (χ4v) is 2.75. The van der Waals surface area contributed by atoms with E-state index in [-0.39, 0.29) is 0 Å². The number of rotatable bonds is 2. The van der Waals surface area contributed by atoms with Crippen molar-refractivity contribution in [3.8, 4) is 16.8 Å². The van der Waals surface area contributed by atoms with Crippen molar-refractivity contribution in [2.75, 3.05) is 0 Å². The Hall–Kier alpha value is -1.62. The van der Waals surface area contributed by atoms with Gasteiger partial charge in [-0.1, -0.05) is 48.5 Å². The van der Waals surface area contributed by atoms with E-state index in [9.17, 15) is 0 Å². The first-order valence-corrected chi connectivity index (χ1v) is 6.78. The molecule has 0 spiro atoms. The second-order valence-electron chi connectivity index (χ2n) is 3.96. The smallest absolute Gasteiger partial charge is 0.113 e. The highest BCUT2D eigenvalue weighted by atomic mass is 127. The summed E-state index contributed by atoms with van der Waals surface area (Å²) in [5.74, 6) is 0. The van der Waals surface area contributed by atoms with Gasteiger partial charge in [0, 0.05) is 5.56 Å². The van der Waals surface area contributed by atoms with Crippen LogP contribution in [0.2, 0.25) is 0 Å². The number of para-hydroxylation sites is 1. The predicted octanol–water partition coefficient (Wildman–Crippen LogP) is 4.14. The van der Waals surface area contributed by atoms with Gasteiger partial charge in [-0.25, -0.2) is 4.68 Å². The number of benzene rings is 2. The maximum Gasteiger partial charge on any atom is 0.113 e. The molecule has 0 aliphatic rings. The van der Waals surface area contributed by atoms with E-state index in [0.29, 0.717) is 0 Å². The van der Waals surface area contributed by atoms with Crippen LogP contribution in [-0.2, 0) is 0 Å². The molecule has 3 aromatic rings. The highest BCUT2D eigenvalue weighted by Crippen LogP contribution is 2.26. The molecule has 0 N–H and O–H groups in total. The molecular formula is C15H11IN2. The number of hydrogen-bond donors (Lipinski definition) is 0. The predicted molar refractivity (Wildman–Crippen MR) is 81.7 cm³/mol. The van der Waals surface area contributed by atoms with Crippen molar-refractivity contribution in [1.29, 1.82) is 0 Å². The summed E-state index contributed by atoms with van der Waals surface area (Å²) in [5, 5.41) is 4.47. The molecule has 0 saturated heterocycles. The molecule has 0 fully saturated rings. The molecule has 2 aromatic carbocycles. The van der Waals surface area contributed by atoms with Crippen LogP contribution in [-0.4, -0.2) is 9.78 Å². The van der Waals surface area contributed by atoms with Gasteiger partial charge in [0.05, 0.1) is 11.9 Å². The minimum absolute atomic E-state index is 1.09. The summed E-state index contributed by atoms with van der Waals surface area (Å²) in [6.07, 6.45) is 1.92. The van der Waals surface area contributed by atoms with E-state index in [4.69, 9.17) is 0 Å². The zero-order valence-electron chi connectivity index (χ0n) is 9.62. The molecule has 1 heterocycles. The van der Waals surface area contributed by atoms with Gasteiger partial charge in [0.25, 0.3) is 0 Å². The lowest BCUT2D eigenvalue weighted by Crippen LogP contribution is -1.98. The Balaban J connectivity index is 2.09. The Bertz CT molecular complexity index is 588. The minimum atomic E-state index is 1.09. The minimum Gasteiger partial charge on any atom is -0.227 e. The summed E-state index contributed by atoms with van der Waals surface area (Å²) < 4.78 is 3.09. The molecular weight excluding hydrogens is 335 g/mol. The van der Waals surface area contributed by atoms with Gasteiger partial charge in [-0.3, -0.25) is 0 Å². The molecule has 88 valence electrons. The fraction of sp³-hybridized carbons (Fsp3) is 0. The van der Waals surface area contributed by atoms with Gasteiger partial charge in [-0.2, -0.15) is 5.10 Å². The molecule has 1 aromatic heterocycles. The molecule has 18 heavy (non-hydrogen) atoms. The van der Waals surface area contributed by atoms with E-state index in [0.717, 1.165) is 9.39 Å². The second kappa shape index (κ2) is 4.94.